The third kappa shape index (κ3) is 16.7. The summed E-state index contributed by atoms with van der Waals surface area (Å²) in [7, 11) is 7.56. The van der Waals surface area contributed by atoms with E-state index in [1.807, 2.05) is 107 Å². The number of nitrogens with zero attached hydrogens (tertiary/aromatic N) is 4. The number of ketones is 2. The summed E-state index contributed by atoms with van der Waals surface area (Å²) in [5, 5.41) is 57.1. The molecule has 8 rings (SSSR count). The standard InChI is InChI=1S/2C35H59N3O10/c2*1-11-26-35(8)24(15-27(39)48-35)22(5)36-17-19(2)16-34(7)30(47-31-28(40)25(38(9)10)14-20(3)45-31)21(4)29(41)33(6,32(42)46-26)13-12-23(37-43)18-44-34/h2*19-22,24-26,28,30-31,36,40,43H,11-18H2,1-10H3/b2*37-23+/t19-,20?,21+,22-,24-,25?,26-,28?,30-,31?,33+,34-,35+;19-,20?,21+,22-,24-,25?,26-,28?,30-,31?,33-,34-,35+/m11/s1. The highest BCUT2D eigenvalue weighted by Gasteiger charge is 2.61. The molecule has 8 aliphatic heterocycles. The van der Waals surface area contributed by atoms with Gasteiger partial charge in [-0.05, 0) is 187 Å². The van der Waals surface area contributed by atoms with Crippen LogP contribution in [0.2, 0.25) is 0 Å². The molecule has 8 heterocycles. The molecule has 26 atom stereocenters. The molecule has 8 aliphatic rings. The van der Waals surface area contributed by atoms with Gasteiger partial charge in [0.05, 0.1) is 73.1 Å². The molecular weight excluding hydrogens is 1240 g/mol. The van der Waals surface area contributed by atoms with E-state index in [0.717, 1.165) is 0 Å². The number of carbonyl (C=O) groups excluding carboxylic acids is 6. The lowest BCUT2D eigenvalue weighted by Crippen LogP contribution is -2.60. The Kier molecular flexibility index (Phi) is 26.1. The second kappa shape index (κ2) is 31.7. The Hall–Kier alpha value is -4.32. The molecule has 548 valence electrons. The molecule has 0 radical (unpaired) electrons. The van der Waals surface area contributed by atoms with E-state index in [1.165, 1.54) is 0 Å². The number of oxime groups is 2. The summed E-state index contributed by atoms with van der Waals surface area (Å²) in [6, 6.07) is -0.854. The van der Waals surface area contributed by atoms with Crippen LogP contribution < -0.4 is 10.6 Å². The van der Waals surface area contributed by atoms with Crippen molar-refractivity contribution >= 4 is 46.9 Å². The van der Waals surface area contributed by atoms with Crippen LogP contribution >= 0.6 is 0 Å². The van der Waals surface area contributed by atoms with E-state index in [1.54, 1.807) is 27.7 Å². The van der Waals surface area contributed by atoms with Crippen LogP contribution in [0.4, 0.5) is 0 Å². The van der Waals surface area contributed by atoms with Crippen molar-refractivity contribution in [3.05, 3.63) is 0 Å². The monoisotopic (exact) mass is 1360 g/mol. The number of hydrogen-bond donors (Lipinski definition) is 6. The van der Waals surface area contributed by atoms with Crippen LogP contribution in [-0.4, -0.2) is 240 Å². The van der Waals surface area contributed by atoms with Gasteiger partial charge in [-0.1, -0.05) is 51.9 Å². The lowest BCUT2D eigenvalue weighted by Gasteiger charge is -2.48. The Morgan fingerprint density at radius 3 is 1.21 bits per heavy atom. The highest BCUT2D eigenvalue weighted by Crippen LogP contribution is 2.48. The summed E-state index contributed by atoms with van der Waals surface area (Å²) in [6.07, 6.45) is -5.00. The molecule has 26 nitrogen and oxygen atoms in total. The maximum absolute atomic E-state index is 14.8. The van der Waals surface area contributed by atoms with Crippen molar-refractivity contribution in [1.29, 1.82) is 0 Å². The minimum Gasteiger partial charge on any atom is -0.457 e. The van der Waals surface area contributed by atoms with Gasteiger partial charge in [-0.15, -0.1) is 0 Å². The molecule has 8 unspecified atom stereocenters. The minimum atomic E-state index is -1.68. The average molecular weight is 1360 g/mol. The summed E-state index contributed by atoms with van der Waals surface area (Å²) in [5.41, 5.74) is -7.39. The van der Waals surface area contributed by atoms with Gasteiger partial charge in [0.25, 0.3) is 0 Å². The first-order valence-electron chi connectivity index (χ1n) is 35.2. The normalized spacial score (nSPS) is 46.2. The molecule has 0 aromatic carbocycles. The van der Waals surface area contributed by atoms with E-state index in [0.29, 0.717) is 51.6 Å². The zero-order valence-corrected chi connectivity index (χ0v) is 61.0. The van der Waals surface area contributed by atoms with E-state index >= 15 is 0 Å². The van der Waals surface area contributed by atoms with Crippen molar-refractivity contribution in [2.24, 2.45) is 56.6 Å². The zero-order valence-electron chi connectivity index (χ0n) is 61.0. The Labute approximate surface area is 568 Å². The largest absolute Gasteiger partial charge is 0.457 e. The molecule has 96 heavy (non-hydrogen) atoms. The van der Waals surface area contributed by atoms with Gasteiger partial charge in [0.15, 0.2) is 35.3 Å². The molecule has 26 heteroatoms. The molecule has 4 bridgehead atoms. The second-order valence-corrected chi connectivity index (χ2v) is 31.3. The van der Waals surface area contributed by atoms with E-state index in [-0.39, 0.29) is 135 Å². The van der Waals surface area contributed by atoms with Gasteiger partial charge in [-0.3, -0.25) is 28.8 Å². The van der Waals surface area contributed by atoms with Crippen molar-refractivity contribution < 1.29 is 96.8 Å². The number of fused-ring (bicyclic) bond motifs is 10. The van der Waals surface area contributed by atoms with E-state index in [9.17, 15) is 49.4 Å². The van der Waals surface area contributed by atoms with E-state index in [2.05, 4.69) is 34.8 Å². The zero-order chi connectivity index (χ0) is 71.5. The van der Waals surface area contributed by atoms with Crippen molar-refractivity contribution in [2.45, 2.75) is 296 Å². The number of likely N-dealkylation sites (N-methyl/N-ethyl adjacent to an activating group) is 2. The number of aliphatic hydroxyl groups is 2. The molecule has 0 aliphatic carbocycles. The van der Waals surface area contributed by atoms with Crippen molar-refractivity contribution in [1.82, 2.24) is 20.4 Å². The van der Waals surface area contributed by atoms with Gasteiger partial charge in [0.1, 0.15) is 35.2 Å². The van der Waals surface area contributed by atoms with Gasteiger partial charge >= 0.3 is 23.9 Å². The van der Waals surface area contributed by atoms with Crippen LogP contribution in [0.5, 0.6) is 0 Å². The first kappa shape index (κ1) is 79.0. The summed E-state index contributed by atoms with van der Waals surface area (Å²) < 4.78 is 63.3. The van der Waals surface area contributed by atoms with Crippen LogP contribution in [0.1, 0.15) is 188 Å². The summed E-state index contributed by atoms with van der Waals surface area (Å²) >= 11 is 0. The van der Waals surface area contributed by atoms with Crippen LogP contribution in [0.25, 0.3) is 0 Å². The van der Waals surface area contributed by atoms with Crippen molar-refractivity contribution in [3.8, 4) is 0 Å². The Morgan fingerprint density at radius 1 is 0.552 bits per heavy atom. The Balaban J connectivity index is 0.000000271. The number of esters is 4. The molecule has 0 saturated carbocycles. The van der Waals surface area contributed by atoms with Crippen LogP contribution in [0.15, 0.2) is 10.3 Å². The number of cyclic esters (lactones) is 2. The van der Waals surface area contributed by atoms with Crippen molar-refractivity contribution in [2.75, 3.05) is 54.5 Å². The average Bonchev–Trinajstić information content (AvgIpc) is 1.20. The number of ether oxygens (including phenoxy) is 10. The molecule has 0 aromatic heterocycles. The maximum Gasteiger partial charge on any atom is 0.319 e. The molecule has 8 saturated heterocycles. The molecule has 8 fully saturated rings. The summed E-state index contributed by atoms with van der Waals surface area (Å²) in [5.74, 6) is -5.53. The smallest absolute Gasteiger partial charge is 0.319 e. The quantitative estimate of drug-likeness (QED) is 0.0522. The van der Waals surface area contributed by atoms with E-state index in [4.69, 9.17) is 47.4 Å². The predicted molar refractivity (Wildman–Crippen MR) is 353 cm³/mol. The molecule has 0 spiro atoms. The minimum absolute atomic E-state index is 0.00574. The first-order chi connectivity index (χ1) is 44.8. The van der Waals surface area contributed by atoms with Crippen molar-refractivity contribution in [3.63, 3.8) is 0 Å². The maximum atomic E-state index is 14.8. The SMILES string of the molecule is CC[C@H]1OC(=O)[C@@]2(C)CC/C(=N\O)CO[C@](C)(C[C@@H](C)CN[C@H](C)[C@H]3CC(=O)O[C@@]31C)[C@H](OC1OC(C)CC(N(C)C)C1O)[C@@H](C)C2=O.CC[C@H]1OC(=O)[C@]2(C)CC/C(=N\O)CO[C@](C)(C[C@@H](C)CN[C@H](C)[C@H]3CC(=O)O[C@@]31C)[C@H](OC1OC(C)CC(N(C)C)C1O)[C@@H](C)C2=O. The summed E-state index contributed by atoms with van der Waals surface area (Å²) in [6.45, 7) is 30.6. The number of Topliss-reactive ketones (excluding diaryl/α,β-unsaturated/α-hetero) is 2. The van der Waals surface area contributed by atoms with Crippen LogP contribution in [0, 0.1) is 46.3 Å². The second-order valence-electron chi connectivity index (χ2n) is 31.3. The van der Waals surface area contributed by atoms with Crippen LogP contribution in [-0.2, 0) is 76.1 Å². The highest BCUT2D eigenvalue weighted by molar-refractivity contribution is 6.06. The lowest BCUT2D eigenvalue weighted by molar-refractivity contribution is -0.297. The van der Waals surface area contributed by atoms with Gasteiger partial charge in [-0.25, -0.2) is 0 Å². The van der Waals surface area contributed by atoms with Gasteiger partial charge < -0.3 is 88.4 Å². The molecule has 6 N–H and O–H groups in total. The number of rotatable bonds is 8. The van der Waals surface area contributed by atoms with Crippen LogP contribution in [0.3, 0.4) is 0 Å². The number of aliphatic hydroxyl groups excluding tert-OH is 2. The molecular formula is C70H118N6O20. The fraction of sp³-hybridized carbons (Fsp3) is 0.886. The third-order valence-corrected chi connectivity index (χ3v) is 23.0. The number of nitrogens with one attached hydrogen (secondary N) is 2. The van der Waals surface area contributed by atoms with E-state index < -0.39 is 118 Å². The number of carbonyl (C=O) groups is 6. The number of hydrogen-bond acceptors (Lipinski definition) is 26. The lowest BCUT2D eigenvalue weighted by atomic mass is 9.70. The van der Waals surface area contributed by atoms with Gasteiger partial charge in [0.2, 0.25) is 0 Å². The predicted octanol–water partition coefficient (Wildman–Crippen LogP) is 6.14. The summed E-state index contributed by atoms with van der Waals surface area (Å²) in [4.78, 5) is 87.8. The highest BCUT2D eigenvalue weighted by atomic mass is 16.7. The molecule has 0 aromatic rings. The topological polar surface area (TPSA) is 331 Å². The van der Waals surface area contributed by atoms with Gasteiger partial charge in [-0.2, -0.15) is 0 Å². The molecule has 0 amide bonds. The third-order valence-electron chi connectivity index (χ3n) is 23.0. The fourth-order valence-electron chi connectivity index (χ4n) is 17.0. The Bertz CT molecular complexity index is 2610. The Morgan fingerprint density at radius 2 is 0.896 bits per heavy atom. The van der Waals surface area contributed by atoms with Gasteiger partial charge in [0, 0.05) is 47.8 Å². The first-order valence-corrected chi connectivity index (χ1v) is 35.2. The fourth-order valence-corrected chi connectivity index (χ4v) is 17.0.